The van der Waals surface area contributed by atoms with Gasteiger partial charge in [-0.1, -0.05) is 6.58 Å². The van der Waals surface area contributed by atoms with E-state index in [1.165, 1.54) is 6.92 Å². The molecule has 7 nitrogen and oxygen atoms in total. The molecule has 0 fully saturated rings. The first-order valence-electron chi connectivity index (χ1n) is 4.45. The van der Waals surface area contributed by atoms with Crippen molar-refractivity contribution < 1.29 is 33.1 Å². The minimum atomic E-state index is -4.09. The van der Waals surface area contributed by atoms with Gasteiger partial charge in [0.2, 0.25) is 0 Å². The quantitative estimate of drug-likeness (QED) is 0.472. The molecular weight excluding hydrogens is 239 g/mol. The Bertz CT molecular complexity index is 276. The number of aliphatic hydroxyl groups excluding tert-OH is 2. The molecule has 0 aliphatic rings. The molecule has 0 rings (SSSR count). The molecule has 94 valence electrons. The second-order valence-corrected chi connectivity index (χ2v) is 4.31. The number of hydrogen-bond donors (Lipinski definition) is 2. The Morgan fingerprint density at radius 3 is 2.00 bits per heavy atom. The lowest BCUT2D eigenvalue weighted by Gasteiger charge is -2.16. The third-order valence-electron chi connectivity index (χ3n) is 1.22. The van der Waals surface area contributed by atoms with Crippen molar-refractivity contribution in [1.82, 2.24) is 0 Å². The first-order valence-corrected chi connectivity index (χ1v) is 5.91. The van der Waals surface area contributed by atoms with Gasteiger partial charge in [-0.2, -0.15) is 0 Å². The number of carbonyl (C=O) groups excluding carboxylic acids is 1. The Morgan fingerprint density at radius 1 is 1.25 bits per heavy atom. The van der Waals surface area contributed by atoms with Gasteiger partial charge in [0.25, 0.3) is 0 Å². The van der Waals surface area contributed by atoms with Gasteiger partial charge < -0.3 is 14.7 Å². The molecule has 16 heavy (non-hydrogen) atoms. The molecule has 8 heteroatoms. The van der Waals surface area contributed by atoms with Crippen molar-refractivity contribution in [2.45, 2.75) is 6.92 Å². The molecule has 0 aromatic carbocycles. The van der Waals surface area contributed by atoms with Gasteiger partial charge in [0.1, 0.15) is 0 Å². The van der Waals surface area contributed by atoms with Crippen molar-refractivity contribution in [1.29, 1.82) is 0 Å². The topological polar surface area (TPSA) is 102 Å². The molecule has 0 saturated carbocycles. The maximum atomic E-state index is 11.7. The number of aliphatic hydroxyl groups is 2. The van der Waals surface area contributed by atoms with Crippen molar-refractivity contribution in [2.24, 2.45) is 0 Å². The van der Waals surface area contributed by atoms with E-state index < -0.39 is 27.0 Å². The second kappa shape index (κ2) is 7.54. The maximum absolute atomic E-state index is 11.7. The van der Waals surface area contributed by atoms with Crippen LogP contribution in [0.5, 0.6) is 0 Å². The molecule has 0 atom stereocenters. The molecule has 0 saturated heterocycles. The fourth-order valence-electron chi connectivity index (χ4n) is 0.575. The average molecular weight is 254 g/mol. The number of rotatable bonds is 8. The molecule has 0 aromatic heterocycles. The van der Waals surface area contributed by atoms with E-state index in [9.17, 15) is 9.36 Å². The summed E-state index contributed by atoms with van der Waals surface area (Å²) in [6.45, 7) is 3.22. The van der Waals surface area contributed by atoms with Crippen LogP contribution in [0.15, 0.2) is 12.2 Å². The molecule has 0 aliphatic carbocycles. The van der Waals surface area contributed by atoms with E-state index in [0.29, 0.717) is 0 Å². The van der Waals surface area contributed by atoms with Crippen LogP contribution in [0.1, 0.15) is 6.92 Å². The van der Waals surface area contributed by atoms with Crippen LogP contribution >= 0.6 is 7.82 Å². The Kier molecular flexibility index (Phi) is 7.20. The summed E-state index contributed by atoms with van der Waals surface area (Å²) >= 11 is 0. The Labute approximate surface area is 93.2 Å². The van der Waals surface area contributed by atoms with Crippen LogP contribution in [0.3, 0.4) is 0 Å². The average Bonchev–Trinajstić information content (AvgIpc) is 2.23. The van der Waals surface area contributed by atoms with E-state index >= 15 is 0 Å². The van der Waals surface area contributed by atoms with E-state index in [2.05, 4.69) is 20.2 Å². The maximum Gasteiger partial charge on any atom is 0.532 e. The Balaban J connectivity index is 4.46. The lowest BCUT2D eigenvalue weighted by atomic mass is 10.4. The zero-order valence-corrected chi connectivity index (χ0v) is 9.81. The predicted molar refractivity (Wildman–Crippen MR) is 54.6 cm³/mol. The number of phosphoric ester groups is 1. The molecule has 0 bridgehead atoms. The van der Waals surface area contributed by atoms with Gasteiger partial charge in [-0.3, -0.25) is 9.05 Å². The third kappa shape index (κ3) is 5.99. The summed E-state index contributed by atoms with van der Waals surface area (Å²) in [7, 11) is -4.09. The van der Waals surface area contributed by atoms with Gasteiger partial charge in [-0.05, 0) is 6.92 Å². The fraction of sp³-hybridized carbons (Fsp3) is 0.625. The molecule has 0 amide bonds. The second-order valence-electron chi connectivity index (χ2n) is 2.72. The minimum absolute atomic E-state index is 0.0282. The lowest BCUT2D eigenvalue weighted by Crippen LogP contribution is -2.11. The Morgan fingerprint density at radius 2 is 1.69 bits per heavy atom. The van der Waals surface area contributed by atoms with E-state index in [1.54, 1.807) is 0 Å². The summed E-state index contributed by atoms with van der Waals surface area (Å²) in [5.74, 6) is -0.931. The standard InChI is InChI=1S/C8H15O7P/c1-7(2)8(11)15-16(12,13-5-3-9)14-6-4-10/h9-10H,1,3-6H2,2H3. The van der Waals surface area contributed by atoms with Gasteiger partial charge in [0, 0.05) is 5.57 Å². The van der Waals surface area contributed by atoms with Crippen molar-refractivity contribution in [3.8, 4) is 0 Å². The van der Waals surface area contributed by atoms with E-state index in [1.807, 2.05) is 0 Å². The summed E-state index contributed by atoms with van der Waals surface area (Å²) in [6.07, 6.45) is 0. The highest BCUT2D eigenvalue weighted by atomic mass is 31.2. The van der Waals surface area contributed by atoms with Crippen molar-refractivity contribution in [3.63, 3.8) is 0 Å². The third-order valence-corrected chi connectivity index (χ3v) is 2.61. The van der Waals surface area contributed by atoms with E-state index in [4.69, 9.17) is 10.2 Å². The molecule has 0 unspecified atom stereocenters. The lowest BCUT2D eigenvalue weighted by molar-refractivity contribution is -0.132. The normalized spacial score (nSPS) is 11.2. The fourth-order valence-corrected chi connectivity index (χ4v) is 1.72. The van der Waals surface area contributed by atoms with Crippen LogP contribution < -0.4 is 0 Å². The van der Waals surface area contributed by atoms with Crippen LogP contribution in [0.25, 0.3) is 0 Å². The van der Waals surface area contributed by atoms with Crippen LogP contribution in [0.4, 0.5) is 0 Å². The first kappa shape index (κ1) is 15.3. The number of phosphoric acid groups is 1. The van der Waals surface area contributed by atoms with Gasteiger partial charge in [0.15, 0.2) is 0 Å². The van der Waals surface area contributed by atoms with Crippen LogP contribution in [0, 0.1) is 0 Å². The van der Waals surface area contributed by atoms with Gasteiger partial charge in [-0.15, -0.1) is 0 Å². The monoisotopic (exact) mass is 254 g/mol. The predicted octanol–water partition coefficient (Wildman–Crippen LogP) is 0.232. The van der Waals surface area contributed by atoms with E-state index in [-0.39, 0.29) is 18.8 Å². The van der Waals surface area contributed by atoms with Crippen LogP contribution in [-0.2, 0) is 22.9 Å². The number of hydrogen-bond acceptors (Lipinski definition) is 7. The molecule has 0 aliphatic heterocycles. The summed E-state index contributed by atoms with van der Waals surface area (Å²) in [5, 5.41) is 17.0. The Hall–Kier alpha value is -0.720. The largest absolute Gasteiger partial charge is 0.532 e. The molecule has 0 spiro atoms. The van der Waals surface area contributed by atoms with Gasteiger partial charge >= 0.3 is 13.8 Å². The summed E-state index contributed by atoms with van der Waals surface area (Å²) in [6, 6.07) is 0. The molecule has 2 N–H and O–H groups in total. The summed E-state index contributed by atoms with van der Waals surface area (Å²) in [5.41, 5.74) is 0.0282. The van der Waals surface area contributed by atoms with Crippen LogP contribution in [0.2, 0.25) is 0 Å². The highest BCUT2D eigenvalue weighted by Gasteiger charge is 2.31. The van der Waals surface area contributed by atoms with Crippen molar-refractivity contribution in [3.05, 3.63) is 12.2 Å². The van der Waals surface area contributed by atoms with Gasteiger partial charge in [0.05, 0.1) is 26.4 Å². The smallest absolute Gasteiger partial charge is 0.394 e. The SMILES string of the molecule is C=C(C)C(=O)OP(=O)(OCCO)OCCO. The first-order chi connectivity index (χ1) is 7.45. The highest BCUT2D eigenvalue weighted by molar-refractivity contribution is 7.49. The molecule has 0 heterocycles. The van der Waals surface area contributed by atoms with E-state index in [0.717, 1.165) is 0 Å². The molecular formula is C8H15O7P. The summed E-state index contributed by atoms with van der Waals surface area (Å²) in [4.78, 5) is 11.1. The highest BCUT2D eigenvalue weighted by Crippen LogP contribution is 2.49. The van der Waals surface area contributed by atoms with Crippen LogP contribution in [-0.4, -0.2) is 42.6 Å². The number of carbonyl (C=O) groups is 1. The van der Waals surface area contributed by atoms with Crippen molar-refractivity contribution >= 4 is 13.8 Å². The molecule has 0 aromatic rings. The minimum Gasteiger partial charge on any atom is -0.394 e. The molecule has 0 radical (unpaired) electrons. The van der Waals surface area contributed by atoms with Crippen molar-refractivity contribution in [2.75, 3.05) is 26.4 Å². The summed E-state index contributed by atoms with van der Waals surface area (Å²) < 4.78 is 25.3. The van der Waals surface area contributed by atoms with Gasteiger partial charge in [-0.25, -0.2) is 9.36 Å². The zero-order chi connectivity index (χ0) is 12.6. The zero-order valence-electron chi connectivity index (χ0n) is 8.92.